The second-order valence-electron chi connectivity index (χ2n) is 20.8. The van der Waals surface area contributed by atoms with Gasteiger partial charge in [-0.15, -0.1) is 0 Å². The van der Waals surface area contributed by atoms with Crippen molar-refractivity contribution < 1.29 is 45.6 Å². The van der Waals surface area contributed by atoms with Crippen LogP contribution in [0.2, 0.25) is 0 Å². The standard InChI is InChI=1S/C35H31FN4O5S.C30H28FN3O3/c36-31-23-38-35-30(34(31)25-8-11-33(26(20-25)22-37)45-28-12-16-43-17-13-28)21-32(40(35)46(41,42)29-4-2-1-3-5-29)24-6-9-27(10-7-24)39-14-18-44-19-15-39;31-27-19-33-28-17-22(20-1-4-24(5-2-20)34-9-13-36-14-10-34)16-26(28)30(27)21-3-6-29(23(15-21)18-32)37-25-7-11-35-12-8-25/h1-11,20-21,23,28H,12-19H2;1-6,15-16,19,25H,7-14,17H2. The number of morpholine rings is 2. The van der Waals surface area contributed by atoms with E-state index in [0.717, 1.165) is 86.5 Å². The summed E-state index contributed by atoms with van der Waals surface area (Å²) in [6.07, 6.45) is 7.93. The van der Waals surface area contributed by atoms with Crippen LogP contribution in [0, 0.1) is 34.3 Å². The molecule has 0 radical (unpaired) electrons. The van der Waals surface area contributed by atoms with Crippen molar-refractivity contribution in [3.8, 4) is 57.1 Å². The Labute approximate surface area is 480 Å². The van der Waals surface area contributed by atoms with Crippen LogP contribution < -0.4 is 19.3 Å². The highest BCUT2D eigenvalue weighted by Crippen LogP contribution is 2.42. The van der Waals surface area contributed by atoms with Crippen LogP contribution in [0.1, 0.15) is 53.6 Å². The average molecular weight is 1140 g/mol. The van der Waals surface area contributed by atoms with E-state index < -0.39 is 21.7 Å². The molecular weight excluding hydrogens is 1080 g/mol. The molecular formula is C65H59F2N7O8S. The lowest BCUT2D eigenvalue weighted by atomic mass is 9.98. The van der Waals surface area contributed by atoms with Gasteiger partial charge in [0.15, 0.2) is 5.65 Å². The van der Waals surface area contributed by atoms with Gasteiger partial charge in [-0.3, -0.25) is 4.98 Å². The van der Waals surface area contributed by atoms with Crippen molar-refractivity contribution >= 4 is 44.1 Å². The third kappa shape index (κ3) is 11.7. The molecule has 18 heteroatoms. The highest BCUT2D eigenvalue weighted by atomic mass is 32.2. The summed E-state index contributed by atoms with van der Waals surface area (Å²) < 4.78 is 94.5. The summed E-state index contributed by atoms with van der Waals surface area (Å²) in [5.74, 6) is -0.103. The lowest BCUT2D eigenvalue weighted by Crippen LogP contribution is -2.36. The molecule has 13 rings (SSSR count). The number of anilines is 2. The zero-order chi connectivity index (χ0) is 56.9. The molecule has 0 N–H and O–H groups in total. The Morgan fingerprint density at radius 3 is 1.58 bits per heavy atom. The number of pyridine rings is 2. The summed E-state index contributed by atoms with van der Waals surface area (Å²) in [5, 5.41) is 20.1. The number of rotatable bonds is 12. The molecule has 5 aliphatic rings. The van der Waals surface area contributed by atoms with E-state index in [1.54, 1.807) is 54.6 Å². The molecule has 4 saturated heterocycles. The largest absolute Gasteiger partial charge is 0.489 e. The Balaban J connectivity index is 0.000000168. The number of aromatic nitrogens is 3. The predicted octanol–water partition coefficient (Wildman–Crippen LogP) is 11.3. The van der Waals surface area contributed by atoms with Gasteiger partial charge >= 0.3 is 0 Å². The number of hydrogen-bond donors (Lipinski definition) is 0. The first-order chi connectivity index (χ1) is 40.6. The van der Waals surface area contributed by atoms with Gasteiger partial charge in [0.05, 0.1) is 92.7 Å². The summed E-state index contributed by atoms with van der Waals surface area (Å²) in [7, 11) is -4.16. The second kappa shape index (κ2) is 24.5. The maximum atomic E-state index is 15.8. The van der Waals surface area contributed by atoms with Gasteiger partial charge in [-0.25, -0.2) is 26.2 Å². The zero-order valence-electron chi connectivity index (χ0n) is 45.5. The molecule has 0 atom stereocenters. The van der Waals surface area contributed by atoms with E-state index in [0.29, 0.717) is 109 Å². The van der Waals surface area contributed by atoms with Crippen molar-refractivity contribution in [2.24, 2.45) is 0 Å². The number of nitrogens with zero attached hydrogens (tertiary/aromatic N) is 7. The summed E-state index contributed by atoms with van der Waals surface area (Å²) in [6.45, 7) is 8.58. The van der Waals surface area contributed by atoms with E-state index in [2.05, 4.69) is 56.2 Å². The smallest absolute Gasteiger partial charge is 0.269 e. The highest BCUT2D eigenvalue weighted by Gasteiger charge is 2.29. The first kappa shape index (κ1) is 55.1. The number of ether oxygens (including phenoxy) is 6. The Kier molecular flexibility index (Phi) is 16.3. The molecule has 4 aliphatic heterocycles. The lowest BCUT2D eigenvalue weighted by molar-refractivity contribution is 0.0252. The van der Waals surface area contributed by atoms with Gasteiger partial charge in [0, 0.05) is 91.7 Å². The molecule has 3 aromatic heterocycles. The molecule has 7 heterocycles. The summed E-state index contributed by atoms with van der Waals surface area (Å²) in [6, 6.07) is 40.5. The van der Waals surface area contributed by atoms with Gasteiger partial charge in [0.1, 0.15) is 47.5 Å². The molecule has 0 amide bonds. The van der Waals surface area contributed by atoms with Crippen LogP contribution in [0.4, 0.5) is 20.2 Å². The molecule has 422 valence electrons. The van der Waals surface area contributed by atoms with Crippen LogP contribution in [0.3, 0.4) is 0 Å². The van der Waals surface area contributed by atoms with E-state index in [9.17, 15) is 18.9 Å². The van der Waals surface area contributed by atoms with E-state index in [4.69, 9.17) is 28.4 Å². The SMILES string of the molecule is N#Cc1cc(-c2c(F)cnc3c2C=C(c2ccc(N4CCOCC4)cc2)C3)ccc1OC1CCOCC1.N#Cc1cc(-c2c(F)cnc3c2cc(-c2ccc(N4CCOCC4)cc2)n3S(=O)(=O)c2ccccc2)ccc1OC1CCOCC1. The molecule has 15 nitrogen and oxygen atoms in total. The first-order valence-electron chi connectivity index (χ1n) is 28.0. The maximum Gasteiger partial charge on any atom is 0.269 e. The minimum atomic E-state index is -4.16. The van der Waals surface area contributed by atoms with E-state index >= 15 is 8.78 Å². The van der Waals surface area contributed by atoms with Gasteiger partial charge in [0.25, 0.3) is 10.0 Å². The van der Waals surface area contributed by atoms with E-state index in [1.807, 2.05) is 36.4 Å². The van der Waals surface area contributed by atoms with Crippen LogP contribution in [-0.4, -0.2) is 114 Å². The number of hydrogen-bond acceptors (Lipinski definition) is 14. The fourth-order valence-electron chi connectivity index (χ4n) is 11.3. The van der Waals surface area contributed by atoms with Crippen LogP contribution in [0.5, 0.6) is 11.5 Å². The molecule has 1 aliphatic carbocycles. The van der Waals surface area contributed by atoms with Crippen LogP contribution >= 0.6 is 0 Å². The van der Waals surface area contributed by atoms with E-state index in [1.165, 1.54) is 28.0 Å². The molecule has 8 aromatic rings. The predicted molar refractivity (Wildman–Crippen MR) is 312 cm³/mol. The van der Waals surface area contributed by atoms with Crippen molar-refractivity contribution in [1.29, 1.82) is 10.5 Å². The molecule has 0 unspecified atom stereocenters. The zero-order valence-corrected chi connectivity index (χ0v) is 46.3. The maximum absolute atomic E-state index is 15.8. The quantitative estimate of drug-likeness (QED) is 0.113. The second-order valence-corrected chi connectivity index (χ2v) is 22.6. The minimum absolute atomic E-state index is 0.0220. The molecule has 83 heavy (non-hydrogen) atoms. The van der Waals surface area contributed by atoms with Gasteiger partial charge in [-0.2, -0.15) is 10.5 Å². The van der Waals surface area contributed by atoms with Gasteiger partial charge in [-0.1, -0.05) is 54.6 Å². The Morgan fingerprint density at radius 2 is 1.04 bits per heavy atom. The average Bonchev–Trinajstić information content (AvgIpc) is 4.01. The van der Waals surface area contributed by atoms with Crippen molar-refractivity contribution in [3.05, 3.63) is 173 Å². The Bertz CT molecular complexity index is 3900. The Hall–Kier alpha value is -8.49. The third-order valence-electron chi connectivity index (χ3n) is 15.7. The fourth-order valence-corrected chi connectivity index (χ4v) is 12.8. The van der Waals surface area contributed by atoms with Crippen LogP contribution in [0.25, 0.3) is 56.2 Å². The van der Waals surface area contributed by atoms with Gasteiger partial charge in [-0.05, 0) is 101 Å². The third-order valence-corrected chi connectivity index (χ3v) is 17.4. The number of allylic oxidation sites excluding steroid dienone is 1. The molecule has 0 saturated carbocycles. The highest BCUT2D eigenvalue weighted by molar-refractivity contribution is 7.90. The molecule has 4 fully saturated rings. The van der Waals surface area contributed by atoms with Crippen molar-refractivity contribution in [3.63, 3.8) is 0 Å². The molecule has 5 aromatic carbocycles. The van der Waals surface area contributed by atoms with Crippen molar-refractivity contribution in [2.75, 3.05) is 88.8 Å². The lowest BCUT2D eigenvalue weighted by Gasteiger charge is -2.29. The summed E-state index contributed by atoms with van der Waals surface area (Å²) in [5.41, 5.74) is 9.35. The fraction of sp³-hybridized carbons (Fsp3) is 0.292. The van der Waals surface area contributed by atoms with Crippen molar-refractivity contribution in [2.45, 2.75) is 49.2 Å². The summed E-state index contributed by atoms with van der Waals surface area (Å²) >= 11 is 0. The number of fused-ring (bicyclic) bond motifs is 2. The van der Waals surface area contributed by atoms with Gasteiger partial charge in [0.2, 0.25) is 0 Å². The topological polar surface area (TPSA) is 174 Å². The minimum Gasteiger partial charge on any atom is -0.489 e. The Morgan fingerprint density at radius 1 is 0.554 bits per heavy atom. The van der Waals surface area contributed by atoms with Crippen LogP contribution in [0.15, 0.2) is 139 Å². The van der Waals surface area contributed by atoms with E-state index in [-0.39, 0.29) is 33.9 Å². The number of benzene rings is 5. The van der Waals surface area contributed by atoms with Gasteiger partial charge < -0.3 is 38.2 Å². The number of halogens is 2. The summed E-state index contributed by atoms with van der Waals surface area (Å²) in [4.78, 5) is 13.3. The number of nitriles is 2. The molecule has 0 bridgehead atoms. The monoisotopic (exact) mass is 1140 g/mol. The first-order valence-corrected chi connectivity index (χ1v) is 29.4. The van der Waals surface area contributed by atoms with Crippen LogP contribution in [-0.2, 0) is 35.4 Å². The normalized spacial score (nSPS) is 16.7. The van der Waals surface area contributed by atoms with Crippen molar-refractivity contribution in [1.82, 2.24) is 13.9 Å². The molecule has 0 spiro atoms.